The number of rotatable bonds is 6. The summed E-state index contributed by atoms with van der Waals surface area (Å²) < 4.78 is 4.30. The monoisotopic (exact) mass is 243 g/mol. The minimum Gasteiger partial charge on any atom is -0.480 e. The van der Waals surface area contributed by atoms with E-state index in [1.807, 2.05) is 13.8 Å². The minimum absolute atomic E-state index is 0.140. The number of ether oxygens (including phenoxy) is 1. The van der Waals surface area contributed by atoms with Gasteiger partial charge in [-0.05, 0) is 12.3 Å². The molecule has 1 atom stereocenters. The largest absolute Gasteiger partial charge is 0.480 e. The third-order valence-electron chi connectivity index (χ3n) is 1.89. The Kier molecular flexibility index (Phi) is 6.62. The van der Waals surface area contributed by atoms with E-state index in [1.165, 1.54) is 7.11 Å². The maximum Gasteiger partial charge on any atom is 0.330 e. The first-order chi connectivity index (χ1) is 7.86. The molecule has 2 N–H and O–H groups in total. The molecule has 17 heavy (non-hydrogen) atoms. The minimum atomic E-state index is -1.10. The second kappa shape index (κ2) is 7.43. The molecule has 0 saturated carbocycles. The molecule has 0 fully saturated rings. The van der Waals surface area contributed by atoms with Gasteiger partial charge in [-0.1, -0.05) is 13.8 Å². The number of nitrogens with one attached hydrogen (secondary N) is 1. The summed E-state index contributed by atoms with van der Waals surface area (Å²) in [5.41, 5.74) is 0. The van der Waals surface area contributed by atoms with Gasteiger partial charge < -0.3 is 15.2 Å². The number of hydrogen-bond acceptors (Lipinski definition) is 4. The molecule has 0 unspecified atom stereocenters. The van der Waals surface area contributed by atoms with Crippen molar-refractivity contribution in [1.29, 1.82) is 0 Å². The number of amides is 1. The summed E-state index contributed by atoms with van der Waals surface area (Å²) in [6.45, 7) is 3.71. The lowest BCUT2D eigenvalue weighted by atomic mass is 10.0. The van der Waals surface area contributed by atoms with Crippen molar-refractivity contribution in [2.45, 2.75) is 26.3 Å². The zero-order chi connectivity index (χ0) is 13.4. The van der Waals surface area contributed by atoms with Gasteiger partial charge >= 0.3 is 11.9 Å². The van der Waals surface area contributed by atoms with Gasteiger partial charge in [0.2, 0.25) is 5.91 Å². The van der Waals surface area contributed by atoms with Gasteiger partial charge in [0, 0.05) is 12.2 Å². The van der Waals surface area contributed by atoms with Gasteiger partial charge in [0.25, 0.3) is 0 Å². The Morgan fingerprint density at radius 3 is 2.29 bits per heavy atom. The maximum absolute atomic E-state index is 11.3. The predicted molar refractivity (Wildman–Crippen MR) is 60.2 cm³/mol. The van der Waals surface area contributed by atoms with Crippen molar-refractivity contribution in [3.05, 3.63) is 12.2 Å². The molecule has 0 aliphatic carbocycles. The first kappa shape index (κ1) is 15.2. The number of hydrogen-bond donors (Lipinski definition) is 2. The average Bonchev–Trinajstić information content (AvgIpc) is 2.24. The van der Waals surface area contributed by atoms with Crippen molar-refractivity contribution < 1.29 is 24.2 Å². The average molecular weight is 243 g/mol. The molecule has 0 aromatic rings. The summed E-state index contributed by atoms with van der Waals surface area (Å²) in [6.07, 6.45) is 2.21. The zero-order valence-corrected chi connectivity index (χ0v) is 10.1. The highest BCUT2D eigenvalue weighted by Crippen LogP contribution is 2.04. The quantitative estimate of drug-likeness (QED) is 0.518. The lowest BCUT2D eigenvalue weighted by Crippen LogP contribution is -2.40. The highest BCUT2D eigenvalue weighted by molar-refractivity contribution is 5.96. The van der Waals surface area contributed by atoms with Crippen LogP contribution < -0.4 is 5.32 Å². The molecule has 0 aromatic heterocycles. The van der Waals surface area contributed by atoms with Gasteiger partial charge in [-0.2, -0.15) is 0 Å². The van der Waals surface area contributed by atoms with Crippen LogP contribution >= 0.6 is 0 Å². The summed E-state index contributed by atoms with van der Waals surface area (Å²) >= 11 is 0. The van der Waals surface area contributed by atoms with E-state index in [9.17, 15) is 14.4 Å². The molecule has 0 saturated heterocycles. The first-order valence-electron chi connectivity index (χ1n) is 5.16. The van der Waals surface area contributed by atoms with Crippen molar-refractivity contribution in [1.82, 2.24) is 5.32 Å². The maximum atomic E-state index is 11.3. The van der Waals surface area contributed by atoms with Gasteiger partial charge in [-0.25, -0.2) is 9.59 Å². The number of aliphatic carboxylic acids is 1. The molecular weight excluding hydrogens is 226 g/mol. The van der Waals surface area contributed by atoms with Crippen molar-refractivity contribution in [2.24, 2.45) is 5.92 Å². The summed E-state index contributed by atoms with van der Waals surface area (Å²) in [7, 11) is 1.18. The van der Waals surface area contributed by atoms with Crippen LogP contribution in [0, 0.1) is 5.92 Å². The molecule has 0 spiro atoms. The smallest absolute Gasteiger partial charge is 0.330 e. The van der Waals surface area contributed by atoms with E-state index >= 15 is 0 Å². The van der Waals surface area contributed by atoms with E-state index in [0.29, 0.717) is 6.42 Å². The van der Waals surface area contributed by atoms with E-state index < -0.39 is 23.9 Å². The molecule has 0 aromatic carbocycles. The van der Waals surface area contributed by atoms with Crippen LogP contribution in [0.2, 0.25) is 0 Å². The van der Waals surface area contributed by atoms with Gasteiger partial charge in [0.1, 0.15) is 6.04 Å². The van der Waals surface area contributed by atoms with Crippen LogP contribution in [0.4, 0.5) is 0 Å². The molecule has 0 rings (SSSR count). The van der Waals surface area contributed by atoms with Crippen molar-refractivity contribution >= 4 is 17.8 Å². The Morgan fingerprint density at radius 1 is 1.29 bits per heavy atom. The fourth-order valence-electron chi connectivity index (χ4n) is 1.12. The summed E-state index contributed by atoms with van der Waals surface area (Å²) in [4.78, 5) is 32.8. The molecule has 0 aliphatic rings. The number of carboxylic acid groups (broad SMARTS) is 1. The fourth-order valence-corrected chi connectivity index (χ4v) is 1.12. The number of carbonyl (C=O) groups excluding carboxylic acids is 2. The van der Waals surface area contributed by atoms with Crippen molar-refractivity contribution in [3.63, 3.8) is 0 Å². The number of carboxylic acids is 1. The number of esters is 1. The summed E-state index contributed by atoms with van der Waals surface area (Å²) in [5.74, 6) is -2.26. The van der Waals surface area contributed by atoms with E-state index in [-0.39, 0.29) is 5.92 Å². The van der Waals surface area contributed by atoms with Crippen molar-refractivity contribution in [3.8, 4) is 0 Å². The van der Waals surface area contributed by atoms with E-state index in [4.69, 9.17) is 5.11 Å². The lowest BCUT2D eigenvalue weighted by molar-refractivity contribution is -0.141. The van der Waals surface area contributed by atoms with Crippen molar-refractivity contribution in [2.75, 3.05) is 7.11 Å². The molecule has 0 aliphatic heterocycles. The standard InChI is InChI=1S/C11H17NO5/c1-7(2)6-8(11(15)16)12-9(13)4-5-10(14)17-3/h4-5,7-8H,6H2,1-3H3,(H,12,13)(H,15,16)/b5-4+/t8-/m0/s1. The number of methoxy groups -OCH3 is 1. The van der Waals surface area contributed by atoms with Gasteiger partial charge in [0.05, 0.1) is 7.11 Å². The van der Waals surface area contributed by atoms with Crippen LogP contribution in [0.1, 0.15) is 20.3 Å². The van der Waals surface area contributed by atoms with Gasteiger partial charge in [-0.3, -0.25) is 4.79 Å². The van der Waals surface area contributed by atoms with Crippen LogP contribution in [0.25, 0.3) is 0 Å². The van der Waals surface area contributed by atoms with Gasteiger partial charge in [-0.15, -0.1) is 0 Å². The lowest BCUT2D eigenvalue weighted by Gasteiger charge is -2.15. The summed E-state index contributed by atoms with van der Waals surface area (Å²) in [5, 5.41) is 11.2. The highest BCUT2D eigenvalue weighted by atomic mass is 16.5. The Balaban J connectivity index is 4.36. The van der Waals surface area contributed by atoms with Crippen LogP contribution in [0.15, 0.2) is 12.2 Å². The van der Waals surface area contributed by atoms with Crippen LogP contribution in [0.3, 0.4) is 0 Å². The second-order valence-electron chi connectivity index (χ2n) is 3.89. The molecule has 1 amide bonds. The molecule has 0 radical (unpaired) electrons. The Morgan fingerprint density at radius 2 is 1.88 bits per heavy atom. The van der Waals surface area contributed by atoms with Gasteiger partial charge in [0.15, 0.2) is 0 Å². The fraction of sp³-hybridized carbons (Fsp3) is 0.545. The zero-order valence-electron chi connectivity index (χ0n) is 10.1. The SMILES string of the molecule is COC(=O)/C=C/C(=O)N[C@@H](CC(C)C)C(=O)O. The molecule has 0 bridgehead atoms. The summed E-state index contributed by atoms with van der Waals surface area (Å²) in [6, 6.07) is -0.954. The first-order valence-corrected chi connectivity index (χ1v) is 5.16. The van der Waals surface area contributed by atoms with Crippen LogP contribution in [0.5, 0.6) is 0 Å². The van der Waals surface area contributed by atoms with E-state index in [1.54, 1.807) is 0 Å². The Labute approximate surface area is 99.6 Å². The second-order valence-corrected chi connectivity index (χ2v) is 3.89. The third-order valence-corrected chi connectivity index (χ3v) is 1.89. The normalized spacial score (nSPS) is 12.5. The van der Waals surface area contributed by atoms with E-state index in [0.717, 1.165) is 12.2 Å². The predicted octanol–water partition coefficient (Wildman–Crippen LogP) is 0.331. The van der Waals surface area contributed by atoms with E-state index in [2.05, 4.69) is 10.1 Å². The molecule has 6 heteroatoms. The number of carbonyl (C=O) groups is 3. The molecule has 96 valence electrons. The Hall–Kier alpha value is -1.85. The van der Waals surface area contributed by atoms with Crippen LogP contribution in [-0.4, -0.2) is 36.1 Å². The third kappa shape index (κ3) is 7.10. The molecular formula is C11H17NO5. The molecule has 0 heterocycles. The van der Waals surface area contributed by atoms with Crippen LogP contribution in [-0.2, 0) is 19.1 Å². The highest BCUT2D eigenvalue weighted by Gasteiger charge is 2.19. The topological polar surface area (TPSA) is 92.7 Å². The Bertz CT molecular complexity index is 322. The molecule has 6 nitrogen and oxygen atoms in total.